The molecule has 0 radical (unpaired) electrons. The van der Waals surface area contributed by atoms with E-state index in [-0.39, 0.29) is 36.2 Å². The minimum Gasteiger partial charge on any atom is -0.481 e. The maximum absolute atomic E-state index is 14.7. The van der Waals surface area contributed by atoms with Crippen LogP contribution < -0.4 is 74.0 Å². The standard InChI is InChI=1S/C71H106N14O30S/c1-71(2,3)51(92)30-85-46-15-8-7-14-45(46)84(36-12-5-4-6-13-36)29-43(68(85)112)83-70(115)76-35-11-9-10-34(24-35)61(105)77-40(18-22-54(95)96)65(109)79-39(17-21-53(94)74-28-48(89)58(102)60(104)50(91)32-87)64(108)80-41(19-23-55(97)98)66(110)78-38(16-20-52(93)73-27-47(88)57(101)59(103)49(90)31-86)63(107)75-26-37(72)62(106)81-42(25-56(99)100)67(111)82-44(33-116)69(113)114/h7-11,14-15,24,36-44,47-50,57-60,86-91,101-104,116H,4-6,12-13,16-23,25-33,72H2,1-3H3,(H,73,93)(H,74,94)(H,75,107)(H,77,105)(H,78,110)(H,79,109)(H,80,108)(H,81,106)(H,82,111)(H,95,96)(H,97,98)(H,99,100)(H,113,114)(H2,76,83,115)/t37-,38+,39+,40+,41+,42-,43+,44+,47-,48-,49+,50+,57+,58+,59+,60+/m0/s1. The molecule has 646 valence electrons. The number of anilines is 3. The zero-order valence-electron chi connectivity index (χ0n) is 63.7. The molecule has 1 heterocycles. The highest BCUT2D eigenvalue weighted by atomic mass is 32.1. The van der Waals surface area contributed by atoms with Crippen LogP contribution >= 0.6 is 12.6 Å². The summed E-state index contributed by atoms with van der Waals surface area (Å²) >= 11 is 3.81. The van der Waals surface area contributed by atoms with Crippen molar-refractivity contribution in [3.8, 4) is 0 Å². The molecule has 44 nitrogen and oxygen atoms in total. The van der Waals surface area contributed by atoms with Gasteiger partial charge in [-0.1, -0.05) is 58.2 Å². The number of nitrogens with one attached hydrogen (secondary N) is 11. The van der Waals surface area contributed by atoms with Crippen LogP contribution in [0.25, 0.3) is 0 Å². The number of carbonyl (C=O) groups excluding carboxylic acids is 12. The van der Waals surface area contributed by atoms with Crippen molar-refractivity contribution in [3.05, 3.63) is 54.1 Å². The average Bonchev–Trinajstić information content (AvgIpc) is 1.62. The first kappa shape index (κ1) is 98.0. The molecule has 27 N–H and O–H groups in total. The first-order valence-corrected chi connectivity index (χ1v) is 37.6. The number of ketones is 1. The number of benzene rings is 2. The smallest absolute Gasteiger partial charge is 0.327 e. The van der Waals surface area contributed by atoms with E-state index in [4.69, 9.17) is 10.8 Å². The number of para-hydroxylation sites is 2. The first-order valence-electron chi connectivity index (χ1n) is 36.9. The number of carboxylic acid groups (broad SMARTS) is 4. The summed E-state index contributed by atoms with van der Waals surface area (Å²) in [6, 6.07) is -4.01. The van der Waals surface area contributed by atoms with Crippen LogP contribution in [0.5, 0.6) is 0 Å². The number of aliphatic hydroxyl groups is 10. The molecule has 1 fully saturated rings. The van der Waals surface area contributed by atoms with Crippen molar-refractivity contribution in [1.29, 1.82) is 0 Å². The number of thiol groups is 1. The van der Waals surface area contributed by atoms with Gasteiger partial charge in [0.05, 0.1) is 49.8 Å². The van der Waals surface area contributed by atoms with Crippen molar-refractivity contribution in [1.82, 2.24) is 53.2 Å². The quantitative estimate of drug-likeness (QED) is 0.0274. The number of amides is 12. The molecule has 1 saturated carbocycles. The Morgan fingerprint density at radius 1 is 0.517 bits per heavy atom. The van der Waals surface area contributed by atoms with E-state index in [0.29, 0.717) is 11.4 Å². The van der Waals surface area contributed by atoms with Gasteiger partial charge in [0.2, 0.25) is 47.3 Å². The summed E-state index contributed by atoms with van der Waals surface area (Å²) in [5.41, 5.74) is 5.90. The highest BCUT2D eigenvalue weighted by Crippen LogP contribution is 2.38. The summed E-state index contributed by atoms with van der Waals surface area (Å²) < 4.78 is 0. The number of nitrogens with zero attached hydrogens (tertiary/aromatic N) is 2. The molecule has 0 aromatic heterocycles. The van der Waals surface area contributed by atoms with Crippen molar-refractivity contribution in [2.45, 2.75) is 214 Å². The third-order valence-electron chi connectivity index (χ3n) is 18.7. The largest absolute Gasteiger partial charge is 0.481 e. The molecule has 16 atom stereocenters. The summed E-state index contributed by atoms with van der Waals surface area (Å²) in [4.78, 5) is 218. The third kappa shape index (κ3) is 31.7. The zero-order chi connectivity index (χ0) is 87.0. The minimum absolute atomic E-state index is 0.00499. The van der Waals surface area contributed by atoms with E-state index >= 15 is 0 Å². The van der Waals surface area contributed by atoms with Crippen LogP contribution in [0.1, 0.15) is 121 Å². The summed E-state index contributed by atoms with van der Waals surface area (Å²) in [6.45, 7) is -0.0961. The summed E-state index contributed by atoms with van der Waals surface area (Å²) in [7, 11) is 0. The Bertz CT molecular complexity index is 3760. The molecule has 2 aromatic carbocycles. The molecule has 2 aromatic rings. The topological polar surface area (TPSA) is 721 Å². The van der Waals surface area contributed by atoms with E-state index in [2.05, 4.69) is 65.4 Å². The van der Waals surface area contributed by atoms with Crippen molar-refractivity contribution in [2.24, 2.45) is 11.1 Å². The predicted molar refractivity (Wildman–Crippen MR) is 406 cm³/mol. The second kappa shape index (κ2) is 47.6. The van der Waals surface area contributed by atoms with Gasteiger partial charge in [-0.2, -0.15) is 12.6 Å². The average molecular weight is 1670 g/mol. The minimum atomic E-state index is -2.20. The van der Waals surface area contributed by atoms with Gasteiger partial charge in [-0.25, -0.2) is 9.59 Å². The van der Waals surface area contributed by atoms with Gasteiger partial charge in [0.15, 0.2) is 5.78 Å². The van der Waals surface area contributed by atoms with Crippen LogP contribution in [0.3, 0.4) is 0 Å². The number of carbonyl (C=O) groups is 16. The van der Waals surface area contributed by atoms with Gasteiger partial charge in [-0.3, -0.25) is 67.1 Å². The third-order valence-corrected chi connectivity index (χ3v) is 19.1. The Morgan fingerprint density at radius 2 is 0.966 bits per heavy atom. The second-order valence-electron chi connectivity index (χ2n) is 28.7. The molecule has 1 aliphatic carbocycles. The van der Waals surface area contributed by atoms with E-state index in [1.54, 1.807) is 39.0 Å². The number of urea groups is 1. The Hall–Kier alpha value is -10.3. The number of rotatable bonds is 48. The van der Waals surface area contributed by atoms with Crippen molar-refractivity contribution in [2.75, 3.05) is 66.8 Å². The molecule has 4 rings (SSSR count). The fourth-order valence-corrected chi connectivity index (χ4v) is 12.1. The maximum atomic E-state index is 14.7. The summed E-state index contributed by atoms with van der Waals surface area (Å²) in [6.07, 6.45) is -20.4. The molecule has 0 unspecified atom stereocenters. The van der Waals surface area contributed by atoms with E-state index in [9.17, 15) is 143 Å². The molecular formula is C71H106N14O30S. The van der Waals surface area contributed by atoms with Gasteiger partial charge in [-0.05, 0) is 68.9 Å². The van der Waals surface area contributed by atoms with E-state index in [1.807, 2.05) is 16.7 Å². The van der Waals surface area contributed by atoms with Gasteiger partial charge in [-0.15, -0.1) is 0 Å². The van der Waals surface area contributed by atoms with Crippen LogP contribution in [-0.2, 0) is 67.1 Å². The maximum Gasteiger partial charge on any atom is 0.327 e. The van der Waals surface area contributed by atoms with Gasteiger partial charge in [0.25, 0.3) is 11.8 Å². The van der Waals surface area contributed by atoms with Crippen LogP contribution in [0.4, 0.5) is 21.9 Å². The normalized spacial score (nSPS) is 17.6. The highest BCUT2D eigenvalue weighted by Gasteiger charge is 2.41. The van der Waals surface area contributed by atoms with Crippen LogP contribution in [-0.4, -0.2) is 321 Å². The lowest BCUT2D eigenvalue weighted by molar-refractivity contribution is -0.143. The molecule has 116 heavy (non-hydrogen) atoms. The van der Waals surface area contributed by atoms with Crippen LogP contribution in [0, 0.1) is 5.41 Å². The molecule has 0 bridgehead atoms. The fraction of sp³-hybridized carbons (Fsp3) is 0.606. The summed E-state index contributed by atoms with van der Waals surface area (Å²) in [5.74, 6) is -19.5. The van der Waals surface area contributed by atoms with E-state index in [0.717, 1.165) is 38.2 Å². The summed E-state index contributed by atoms with van der Waals surface area (Å²) in [5, 5.41) is 163. The number of hydrogen-bond acceptors (Lipinski definition) is 29. The number of hydrogen-bond donors (Lipinski definition) is 27. The molecular weight excluding hydrogens is 1560 g/mol. The Kier molecular flexibility index (Phi) is 40.3. The number of Topliss-reactive ketones (excluding diaryl/α,β-unsaturated/α-hetero) is 1. The lowest BCUT2D eigenvalue weighted by atomic mass is 9.90. The molecule has 2 aliphatic rings. The van der Waals surface area contributed by atoms with Crippen molar-refractivity contribution >= 4 is 124 Å². The number of carboxylic acids is 4. The van der Waals surface area contributed by atoms with E-state index in [1.165, 1.54) is 23.1 Å². The molecule has 1 aliphatic heterocycles. The molecule has 0 saturated heterocycles. The van der Waals surface area contributed by atoms with Crippen molar-refractivity contribution in [3.63, 3.8) is 0 Å². The lowest BCUT2D eigenvalue weighted by Gasteiger charge is -2.37. The molecule has 0 spiro atoms. The highest BCUT2D eigenvalue weighted by molar-refractivity contribution is 7.80. The van der Waals surface area contributed by atoms with Crippen LogP contribution in [0.15, 0.2) is 48.5 Å². The van der Waals surface area contributed by atoms with Gasteiger partial charge in [0.1, 0.15) is 85.0 Å². The second-order valence-corrected chi connectivity index (χ2v) is 29.1. The fourth-order valence-electron chi connectivity index (χ4n) is 11.8. The van der Waals surface area contributed by atoms with E-state index < -0.39 is 288 Å². The first-order chi connectivity index (χ1) is 54.5. The lowest BCUT2D eigenvalue weighted by Crippen LogP contribution is -2.59. The molecule has 12 amide bonds. The van der Waals surface area contributed by atoms with Gasteiger partial charge < -0.3 is 146 Å². The van der Waals surface area contributed by atoms with Crippen LogP contribution in [0.2, 0.25) is 0 Å². The Balaban J connectivity index is 1.70. The Labute approximate surface area is 669 Å². The number of nitrogens with two attached hydrogens (primary N) is 1. The Morgan fingerprint density at radius 3 is 1.43 bits per heavy atom. The monoisotopic (exact) mass is 1670 g/mol. The number of fused-ring (bicyclic) bond motifs is 1. The molecule has 45 heteroatoms. The number of aliphatic hydroxyl groups excluding tert-OH is 10. The van der Waals surface area contributed by atoms with Crippen molar-refractivity contribution < 1.29 is 148 Å². The van der Waals surface area contributed by atoms with Gasteiger partial charge in [0, 0.05) is 80.3 Å². The van der Waals surface area contributed by atoms with Gasteiger partial charge >= 0.3 is 29.9 Å². The predicted octanol–water partition coefficient (Wildman–Crippen LogP) is -8.17. The number of aliphatic carboxylic acids is 4. The SMILES string of the molecule is CC(C)(C)C(=O)CN1C(=O)[C@H](NC(=O)Nc2cccc(C(=O)N[C@H](CCC(=O)O)C(=O)N[C@H](CCC(=O)NC[C@H](O)[C@@H](O)[C@H](O)[C@H](O)CO)C(=O)N[C@H](CCC(=O)O)C(=O)N[C@H](CCC(=O)NC[C@H](O)[C@@H](O)[C@H](O)[C@H](O)CO)C(=O)NC[C@H](N)C(=O)N[C@@H](CC(=O)O)C(=O)N[C@H](CS)C(=O)O)c2)CN(C2CCCCC2)c2ccccc21. The zero-order valence-corrected chi connectivity index (χ0v) is 64.6.